The molecule has 0 spiro atoms. The number of hydrogen-bond acceptors (Lipinski definition) is 4. The van der Waals surface area contributed by atoms with Crippen LogP contribution in [0.3, 0.4) is 0 Å². The van der Waals surface area contributed by atoms with E-state index in [9.17, 15) is 4.91 Å². The van der Waals surface area contributed by atoms with Gasteiger partial charge in [-0.15, -0.1) is 4.91 Å². The lowest BCUT2D eigenvalue weighted by molar-refractivity contribution is 0.306. The fourth-order valence-electron chi connectivity index (χ4n) is 2.25. The number of fused-ring (bicyclic) bond motifs is 1. The van der Waals surface area contributed by atoms with Crippen LogP contribution in [-0.4, -0.2) is 32.8 Å². The van der Waals surface area contributed by atoms with Crippen LogP contribution < -0.4 is 9.47 Å². The van der Waals surface area contributed by atoms with E-state index in [1.165, 1.54) is 16.1 Å². The summed E-state index contributed by atoms with van der Waals surface area (Å²) in [5.41, 5.74) is 2.48. The minimum atomic E-state index is 0.354. The van der Waals surface area contributed by atoms with Gasteiger partial charge in [0.05, 0.1) is 19.5 Å². The first-order chi connectivity index (χ1) is 8.19. The fraction of sp³-hybridized carbons (Fsp3) is 0.500. The number of hydrogen-bond donors (Lipinski definition) is 0. The van der Waals surface area contributed by atoms with Gasteiger partial charge >= 0.3 is 0 Å². The third-order valence-electron chi connectivity index (χ3n) is 3.18. The van der Waals surface area contributed by atoms with Crippen LogP contribution in [0.5, 0.6) is 11.5 Å². The first kappa shape index (κ1) is 11.7. The van der Waals surface area contributed by atoms with Crippen molar-refractivity contribution in [2.45, 2.75) is 12.3 Å². The molecule has 1 aliphatic rings. The van der Waals surface area contributed by atoms with Crippen LogP contribution >= 0.6 is 0 Å². The highest BCUT2D eigenvalue weighted by Crippen LogP contribution is 2.42. The van der Waals surface area contributed by atoms with Crippen molar-refractivity contribution in [2.24, 2.45) is 5.29 Å². The molecule has 0 aromatic heterocycles. The van der Waals surface area contributed by atoms with E-state index < -0.39 is 0 Å². The average molecular weight is 236 g/mol. The first-order valence-electron chi connectivity index (χ1n) is 5.48. The van der Waals surface area contributed by atoms with Crippen LogP contribution in [0.15, 0.2) is 17.4 Å². The second kappa shape index (κ2) is 4.61. The summed E-state index contributed by atoms with van der Waals surface area (Å²) in [6, 6.07) is 3.99. The highest BCUT2D eigenvalue weighted by molar-refractivity contribution is 5.53. The zero-order valence-corrected chi connectivity index (χ0v) is 10.3. The van der Waals surface area contributed by atoms with Crippen LogP contribution in [0.4, 0.5) is 0 Å². The summed E-state index contributed by atoms with van der Waals surface area (Å²) < 4.78 is 10.5. The largest absolute Gasteiger partial charge is 0.493 e. The molecule has 1 aromatic rings. The Hall–Kier alpha value is -1.78. The maximum absolute atomic E-state index is 10.3. The maximum atomic E-state index is 10.3. The molecular weight excluding hydrogens is 220 g/mol. The molecule has 0 bridgehead atoms. The van der Waals surface area contributed by atoms with Gasteiger partial charge in [0, 0.05) is 19.5 Å². The van der Waals surface area contributed by atoms with E-state index in [0.717, 1.165) is 17.9 Å². The van der Waals surface area contributed by atoms with E-state index in [-0.39, 0.29) is 0 Å². The van der Waals surface area contributed by atoms with Gasteiger partial charge in [-0.1, -0.05) is 0 Å². The Labute approximate surface area is 100 Å². The smallest absolute Gasteiger partial charge is 0.161 e. The SMILES string of the molecule is COc1cc2c(cc1OC)[C@@H](CN(C)N=O)C2. The summed E-state index contributed by atoms with van der Waals surface area (Å²) in [5.74, 6) is 1.84. The molecule has 92 valence electrons. The molecule has 1 aromatic carbocycles. The molecule has 5 heteroatoms. The highest BCUT2D eigenvalue weighted by atomic mass is 16.5. The summed E-state index contributed by atoms with van der Waals surface area (Å²) in [4.78, 5) is 10.3. The number of nitrogens with zero attached hydrogens (tertiary/aromatic N) is 2. The van der Waals surface area contributed by atoms with Gasteiger partial charge in [0.1, 0.15) is 0 Å². The van der Waals surface area contributed by atoms with E-state index in [1.807, 2.05) is 12.1 Å². The molecule has 0 amide bonds. The predicted molar refractivity (Wildman–Crippen MR) is 64.4 cm³/mol. The first-order valence-corrected chi connectivity index (χ1v) is 5.48. The molecular formula is C12H16N2O3. The number of benzene rings is 1. The zero-order valence-electron chi connectivity index (χ0n) is 10.3. The summed E-state index contributed by atoms with van der Waals surface area (Å²) in [6.45, 7) is 0.645. The third kappa shape index (κ3) is 2.05. The molecule has 1 aliphatic carbocycles. The lowest BCUT2D eigenvalue weighted by Gasteiger charge is -2.32. The van der Waals surface area contributed by atoms with Gasteiger partial charge in [0.2, 0.25) is 0 Å². The van der Waals surface area contributed by atoms with Crippen LogP contribution in [0.25, 0.3) is 0 Å². The van der Waals surface area contributed by atoms with Crippen molar-refractivity contribution in [2.75, 3.05) is 27.8 Å². The average Bonchev–Trinajstić information content (AvgIpc) is 2.34. The summed E-state index contributed by atoms with van der Waals surface area (Å²) >= 11 is 0. The normalized spacial score (nSPS) is 16.8. The fourth-order valence-corrected chi connectivity index (χ4v) is 2.25. The van der Waals surface area contributed by atoms with Crippen molar-refractivity contribution in [3.8, 4) is 11.5 Å². The quantitative estimate of drug-likeness (QED) is 0.579. The molecule has 0 heterocycles. The van der Waals surface area contributed by atoms with Crippen molar-refractivity contribution in [1.82, 2.24) is 5.01 Å². The molecule has 0 saturated carbocycles. The van der Waals surface area contributed by atoms with Crippen molar-refractivity contribution < 1.29 is 9.47 Å². The second-order valence-corrected chi connectivity index (χ2v) is 4.23. The van der Waals surface area contributed by atoms with E-state index in [0.29, 0.717) is 12.5 Å². The van der Waals surface area contributed by atoms with E-state index in [4.69, 9.17) is 9.47 Å². The Morgan fingerprint density at radius 1 is 1.35 bits per heavy atom. The lowest BCUT2D eigenvalue weighted by atomic mass is 9.77. The van der Waals surface area contributed by atoms with Crippen molar-refractivity contribution in [3.63, 3.8) is 0 Å². The summed E-state index contributed by atoms with van der Waals surface area (Å²) in [6.07, 6.45) is 0.954. The van der Waals surface area contributed by atoms with Crippen LogP contribution in [0, 0.1) is 4.91 Å². The number of rotatable bonds is 5. The van der Waals surface area contributed by atoms with Crippen molar-refractivity contribution >= 4 is 0 Å². The number of methoxy groups -OCH3 is 2. The van der Waals surface area contributed by atoms with Gasteiger partial charge in [0.15, 0.2) is 11.5 Å². The van der Waals surface area contributed by atoms with Gasteiger partial charge in [-0.2, -0.15) is 0 Å². The monoisotopic (exact) mass is 236 g/mol. The molecule has 2 rings (SSSR count). The molecule has 0 saturated heterocycles. The molecule has 17 heavy (non-hydrogen) atoms. The minimum absolute atomic E-state index is 0.354. The van der Waals surface area contributed by atoms with Gasteiger partial charge in [-0.05, 0) is 29.7 Å². The maximum Gasteiger partial charge on any atom is 0.161 e. The lowest BCUT2D eigenvalue weighted by Crippen LogP contribution is -2.27. The Bertz CT molecular complexity index is 434. The van der Waals surface area contributed by atoms with E-state index >= 15 is 0 Å². The third-order valence-corrected chi connectivity index (χ3v) is 3.18. The van der Waals surface area contributed by atoms with Crippen molar-refractivity contribution in [1.29, 1.82) is 0 Å². The van der Waals surface area contributed by atoms with E-state index in [2.05, 4.69) is 5.29 Å². The van der Waals surface area contributed by atoms with Gasteiger partial charge in [-0.3, -0.25) is 5.01 Å². The zero-order chi connectivity index (χ0) is 12.4. The Balaban J connectivity index is 2.20. The van der Waals surface area contributed by atoms with Crippen LogP contribution in [-0.2, 0) is 6.42 Å². The van der Waals surface area contributed by atoms with E-state index in [1.54, 1.807) is 21.3 Å². The Kier molecular flexibility index (Phi) is 3.17. The molecule has 0 unspecified atom stereocenters. The van der Waals surface area contributed by atoms with Crippen LogP contribution in [0.2, 0.25) is 0 Å². The highest BCUT2D eigenvalue weighted by Gasteiger charge is 2.29. The number of ether oxygens (including phenoxy) is 2. The Morgan fingerprint density at radius 3 is 2.59 bits per heavy atom. The number of likely N-dealkylation sites (N-methyl/N-ethyl adjacent to an activating group) is 1. The molecule has 0 radical (unpaired) electrons. The van der Waals surface area contributed by atoms with Gasteiger partial charge < -0.3 is 9.47 Å². The standard InChI is InChI=1S/C12H16N2O3/c1-14(13-15)7-9-4-8-5-11(16-2)12(17-3)6-10(8)9/h5-6,9H,4,7H2,1-3H3/t9-/m1/s1. The van der Waals surface area contributed by atoms with Crippen LogP contribution in [0.1, 0.15) is 17.0 Å². The molecule has 0 N–H and O–H groups in total. The molecule has 1 atom stereocenters. The molecule has 0 fully saturated rings. The Morgan fingerprint density at radius 2 is 2.00 bits per heavy atom. The topological polar surface area (TPSA) is 51.1 Å². The van der Waals surface area contributed by atoms with Crippen molar-refractivity contribution in [3.05, 3.63) is 28.2 Å². The summed E-state index contributed by atoms with van der Waals surface area (Å²) in [5, 5.41) is 4.31. The molecule has 5 nitrogen and oxygen atoms in total. The second-order valence-electron chi connectivity index (χ2n) is 4.23. The molecule has 0 aliphatic heterocycles. The predicted octanol–water partition coefficient (Wildman–Crippen LogP) is 1.96. The number of nitroso groups, excluding NO2 is 1. The van der Waals surface area contributed by atoms with Gasteiger partial charge in [-0.25, -0.2) is 0 Å². The van der Waals surface area contributed by atoms with Gasteiger partial charge in [0.25, 0.3) is 0 Å². The summed E-state index contributed by atoms with van der Waals surface area (Å²) in [7, 11) is 4.94. The minimum Gasteiger partial charge on any atom is -0.493 e.